The van der Waals surface area contributed by atoms with E-state index >= 15 is 0 Å². The van der Waals surface area contributed by atoms with Gasteiger partial charge in [0.15, 0.2) is 19.7 Å². The van der Waals surface area contributed by atoms with Gasteiger partial charge in [0.1, 0.15) is 0 Å². The van der Waals surface area contributed by atoms with Crippen LogP contribution in [0.5, 0.6) is 0 Å². The molecular weight excluding hydrogens is 244 g/mol. The normalized spacial score (nSPS) is 12.6. The van der Waals surface area contributed by atoms with Gasteiger partial charge in [-0.25, -0.2) is 16.8 Å². The highest BCUT2D eigenvalue weighted by Gasteiger charge is 2.17. The Morgan fingerprint density at radius 1 is 1.00 bits per heavy atom. The average molecular weight is 258 g/mol. The molecule has 0 saturated heterocycles. The smallest absolute Gasteiger partial charge is 0.304 e. The molecule has 6 nitrogen and oxygen atoms in total. The summed E-state index contributed by atoms with van der Waals surface area (Å²) in [5.74, 6) is -2.78. The summed E-state index contributed by atoms with van der Waals surface area (Å²) in [6, 6.07) is 0. The maximum absolute atomic E-state index is 11.2. The van der Waals surface area contributed by atoms with Crippen LogP contribution in [0.4, 0.5) is 0 Å². The number of carboxylic acid groups (broad SMARTS) is 1. The van der Waals surface area contributed by atoms with Crippen LogP contribution in [0.2, 0.25) is 0 Å². The zero-order chi connectivity index (χ0) is 12.1. The second kappa shape index (κ2) is 5.45. The minimum Gasteiger partial charge on any atom is -0.481 e. The molecule has 0 aromatic heterocycles. The molecule has 0 amide bonds. The molecule has 0 aliphatic carbocycles. The van der Waals surface area contributed by atoms with Crippen LogP contribution in [0, 0.1) is 0 Å². The minimum atomic E-state index is -3.58. The molecule has 15 heavy (non-hydrogen) atoms. The minimum absolute atomic E-state index is 0.110. The Balaban J connectivity index is 4.23. The lowest BCUT2D eigenvalue weighted by Gasteiger charge is -2.02. The fourth-order valence-corrected chi connectivity index (χ4v) is 3.75. The zero-order valence-electron chi connectivity index (χ0n) is 8.34. The van der Waals surface area contributed by atoms with Crippen molar-refractivity contribution < 1.29 is 26.7 Å². The van der Waals surface area contributed by atoms with Crippen molar-refractivity contribution in [2.75, 3.05) is 23.0 Å². The van der Waals surface area contributed by atoms with Crippen LogP contribution < -0.4 is 0 Å². The third-order valence-electron chi connectivity index (χ3n) is 1.77. The molecule has 0 aromatic rings. The number of sulfone groups is 2. The molecule has 0 unspecified atom stereocenters. The van der Waals surface area contributed by atoms with Gasteiger partial charge in [-0.2, -0.15) is 0 Å². The Morgan fingerprint density at radius 2 is 1.47 bits per heavy atom. The summed E-state index contributed by atoms with van der Waals surface area (Å²) in [6.45, 7) is 1.43. The Hall–Kier alpha value is -0.630. The highest BCUT2D eigenvalue weighted by molar-refractivity contribution is 7.95. The van der Waals surface area contributed by atoms with Crippen molar-refractivity contribution in [1.29, 1.82) is 0 Å². The molecule has 0 aromatic carbocycles. The molecule has 1 N–H and O–H groups in total. The molecule has 8 heteroatoms. The first kappa shape index (κ1) is 14.4. The molecule has 0 atom stereocenters. The molecule has 0 spiro atoms. The van der Waals surface area contributed by atoms with Crippen molar-refractivity contribution in [3.63, 3.8) is 0 Å². The number of carboxylic acids is 1. The lowest BCUT2D eigenvalue weighted by Crippen LogP contribution is -2.21. The van der Waals surface area contributed by atoms with Crippen molar-refractivity contribution in [2.24, 2.45) is 0 Å². The SMILES string of the molecule is CCS(=O)(=O)CCS(=O)(=O)CCC(=O)O. The Labute approximate surface area is 89.1 Å². The maximum atomic E-state index is 11.2. The van der Waals surface area contributed by atoms with Gasteiger partial charge in [-0.3, -0.25) is 4.79 Å². The van der Waals surface area contributed by atoms with Crippen LogP contribution in [0.1, 0.15) is 13.3 Å². The molecule has 0 fully saturated rings. The molecule has 0 radical (unpaired) electrons. The van der Waals surface area contributed by atoms with Gasteiger partial charge in [0.25, 0.3) is 0 Å². The quantitative estimate of drug-likeness (QED) is 0.648. The number of aliphatic carboxylic acids is 1. The standard InChI is InChI=1S/C7H14O6S2/c1-2-14(10,11)5-6-15(12,13)4-3-7(8)9/h2-6H2,1H3,(H,8,9). The van der Waals surface area contributed by atoms with E-state index in [0.717, 1.165) is 0 Å². The molecule has 0 aliphatic rings. The predicted molar refractivity (Wildman–Crippen MR) is 55.2 cm³/mol. The van der Waals surface area contributed by atoms with Crippen molar-refractivity contribution in [3.8, 4) is 0 Å². The van der Waals surface area contributed by atoms with Crippen LogP contribution >= 0.6 is 0 Å². The largest absolute Gasteiger partial charge is 0.481 e. The van der Waals surface area contributed by atoms with Gasteiger partial charge in [0, 0.05) is 5.75 Å². The van der Waals surface area contributed by atoms with Crippen LogP contribution in [-0.4, -0.2) is 50.9 Å². The molecule has 0 bridgehead atoms. The van der Waals surface area contributed by atoms with Crippen LogP contribution in [0.25, 0.3) is 0 Å². The third-order valence-corrected chi connectivity index (χ3v) is 5.39. The molecule has 0 rings (SSSR count). The van der Waals surface area contributed by atoms with E-state index < -0.39 is 49.3 Å². The fourth-order valence-electron chi connectivity index (χ4n) is 0.743. The van der Waals surface area contributed by atoms with E-state index in [1.54, 1.807) is 0 Å². The lowest BCUT2D eigenvalue weighted by atomic mass is 10.5. The topological polar surface area (TPSA) is 106 Å². The predicted octanol–water partition coefficient (Wildman–Crippen LogP) is -0.689. The summed E-state index contributed by atoms with van der Waals surface area (Å²) in [7, 11) is -6.90. The highest BCUT2D eigenvalue weighted by atomic mass is 32.2. The Bertz CT molecular complexity index is 405. The lowest BCUT2D eigenvalue weighted by molar-refractivity contribution is -0.136. The Kier molecular flexibility index (Phi) is 5.22. The van der Waals surface area contributed by atoms with Gasteiger partial charge in [0.05, 0.1) is 23.7 Å². The average Bonchev–Trinajstić information content (AvgIpc) is 2.13. The fraction of sp³-hybridized carbons (Fsp3) is 0.857. The van der Waals surface area contributed by atoms with Gasteiger partial charge in [0.2, 0.25) is 0 Å². The monoisotopic (exact) mass is 258 g/mol. The first-order valence-corrected chi connectivity index (χ1v) is 7.95. The summed E-state index contributed by atoms with van der Waals surface area (Å²) < 4.78 is 44.3. The van der Waals surface area contributed by atoms with Crippen molar-refractivity contribution in [3.05, 3.63) is 0 Å². The van der Waals surface area contributed by atoms with E-state index in [4.69, 9.17) is 5.11 Å². The second-order valence-electron chi connectivity index (χ2n) is 3.03. The third kappa shape index (κ3) is 7.32. The van der Waals surface area contributed by atoms with Crippen molar-refractivity contribution in [2.45, 2.75) is 13.3 Å². The van der Waals surface area contributed by atoms with E-state index in [1.165, 1.54) is 6.92 Å². The van der Waals surface area contributed by atoms with E-state index in [-0.39, 0.29) is 5.75 Å². The van der Waals surface area contributed by atoms with E-state index in [9.17, 15) is 21.6 Å². The summed E-state index contributed by atoms with van der Waals surface area (Å²) >= 11 is 0. The molecular formula is C7H14O6S2. The highest BCUT2D eigenvalue weighted by Crippen LogP contribution is 1.98. The van der Waals surface area contributed by atoms with E-state index in [2.05, 4.69) is 0 Å². The summed E-state index contributed by atoms with van der Waals surface area (Å²) in [4.78, 5) is 10.1. The first-order chi connectivity index (χ1) is 6.68. The summed E-state index contributed by atoms with van der Waals surface area (Å²) in [5.41, 5.74) is 0. The van der Waals surface area contributed by atoms with E-state index in [0.29, 0.717) is 0 Å². The van der Waals surface area contributed by atoms with Gasteiger partial charge < -0.3 is 5.11 Å². The Morgan fingerprint density at radius 3 is 1.87 bits per heavy atom. The number of carbonyl (C=O) groups is 1. The van der Waals surface area contributed by atoms with E-state index in [1.807, 2.05) is 0 Å². The number of hydrogen-bond donors (Lipinski definition) is 1. The molecule has 90 valence electrons. The maximum Gasteiger partial charge on any atom is 0.304 e. The van der Waals surface area contributed by atoms with Crippen LogP contribution in [0.3, 0.4) is 0 Å². The van der Waals surface area contributed by atoms with Crippen molar-refractivity contribution >= 4 is 25.6 Å². The zero-order valence-corrected chi connectivity index (χ0v) is 9.97. The molecule has 0 heterocycles. The number of hydrogen-bond acceptors (Lipinski definition) is 5. The molecule has 0 saturated carbocycles. The van der Waals surface area contributed by atoms with Gasteiger partial charge in [-0.05, 0) is 0 Å². The summed E-state index contributed by atoms with van der Waals surface area (Å²) in [5, 5.41) is 8.27. The van der Waals surface area contributed by atoms with Crippen molar-refractivity contribution in [1.82, 2.24) is 0 Å². The second-order valence-corrected chi connectivity index (χ2v) is 7.81. The molecule has 0 aliphatic heterocycles. The number of rotatable bonds is 7. The van der Waals surface area contributed by atoms with Gasteiger partial charge in [-0.15, -0.1) is 0 Å². The van der Waals surface area contributed by atoms with Gasteiger partial charge in [-0.1, -0.05) is 6.92 Å². The summed E-state index contributed by atoms with van der Waals surface area (Å²) in [6.07, 6.45) is -0.492. The first-order valence-electron chi connectivity index (χ1n) is 4.31. The van der Waals surface area contributed by atoms with Crippen LogP contribution in [0.15, 0.2) is 0 Å². The van der Waals surface area contributed by atoms with Gasteiger partial charge >= 0.3 is 5.97 Å². The van der Waals surface area contributed by atoms with Crippen LogP contribution in [-0.2, 0) is 24.5 Å².